The molecule has 2 atom stereocenters. The molecule has 0 fully saturated rings. The van der Waals surface area contributed by atoms with Crippen LogP contribution < -0.4 is 10.6 Å². The molecule has 1 aliphatic rings. The third-order valence-electron chi connectivity index (χ3n) is 3.67. The van der Waals surface area contributed by atoms with Gasteiger partial charge in [-0.3, -0.25) is 4.79 Å². The molecule has 2 unspecified atom stereocenters. The summed E-state index contributed by atoms with van der Waals surface area (Å²) in [6.07, 6.45) is 0.926. The third kappa shape index (κ3) is 2.54. The molecular weight excluding hydrogens is 244 g/mol. The van der Waals surface area contributed by atoms with E-state index in [1.54, 1.807) is 6.92 Å². The molecule has 0 aliphatic carbocycles. The van der Waals surface area contributed by atoms with Crippen LogP contribution in [0.1, 0.15) is 25.8 Å². The van der Waals surface area contributed by atoms with Gasteiger partial charge in [0.05, 0.1) is 0 Å². The Bertz CT molecular complexity index is 490. The minimum atomic E-state index is -1.21. The number of hydrogen-bond acceptors (Lipinski definition) is 3. The molecule has 0 aromatic heterocycles. The van der Waals surface area contributed by atoms with Crippen molar-refractivity contribution in [3.63, 3.8) is 0 Å². The van der Waals surface area contributed by atoms with Crippen LogP contribution in [-0.4, -0.2) is 28.6 Å². The van der Waals surface area contributed by atoms with Gasteiger partial charge in [-0.1, -0.05) is 25.1 Å². The fourth-order valence-corrected chi connectivity index (χ4v) is 2.11. The van der Waals surface area contributed by atoms with Gasteiger partial charge in [0, 0.05) is 12.1 Å². The Balaban J connectivity index is 2.06. The molecule has 1 aromatic rings. The Morgan fingerprint density at radius 1 is 1.47 bits per heavy atom. The standard InChI is InChI=1S/C14H18N2O3/c1-3-14(2,13(18)19)16-12(17)11-8-9-6-4-5-7-10(9)15-11/h4-7,11,15H,3,8H2,1-2H3,(H,16,17)(H,18,19). The highest BCUT2D eigenvalue weighted by molar-refractivity contribution is 5.92. The fraction of sp³-hybridized carbons (Fsp3) is 0.429. The average molecular weight is 262 g/mol. The normalized spacial score (nSPS) is 20.0. The lowest BCUT2D eigenvalue weighted by Crippen LogP contribution is -2.55. The third-order valence-corrected chi connectivity index (χ3v) is 3.67. The molecule has 1 heterocycles. The van der Waals surface area contributed by atoms with Gasteiger partial charge in [-0.15, -0.1) is 0 Å². The largest absolute Gasteiger partial charge is 0.480 e. The first-order valence-electron chi connectivity index (χ1n) is 6.36. The number of carboxylic acid groups (broad SMARTS) is 1. The Morgan fingerprint density at radius 2 is 2.16 bits per heavy atom. The lowest BCUT2D eigenvalue weighted by Gasteiger charge is -2.26. The second-order valence-corrected chi connectivity index (χ2v) is 5.04. The summed E-state index contributed by atoms with van der Waals surface area (Å²) >= 11 is 0. The van der Waals surface area contributed by atoms with Crippen molar-refractivity contribution in [3.05, 3.63) is 29.8 Å². The van der Waals surface area contributed by atoms with Crippen LogP contribution in [0.5, 0.6) is 0 Å². The van der Waals surface area contributed by atoms with Crippen LogP contribution >= 0.6 is 0 Å². The number of carbonyl (C=O) groups excluding carboxylic acids is 1. The molecular formula is C14H18N2O3. The fourth-order valence-electron chi connectivity index (χ4n) is 2.11. The van der Waals surface area contributed by atoms with E-state index in [-0.39, 0.29) is 5.91 Å². The van der Waals surface area contributed by atoms with Gasteiger partial charge < -0.3 is 15.7 Å². The Labute approximate surface area is 112 Å². The molecule has 5 nitrogen and oxygen atoms in total. The number of para-hydroxylation sites is 1. The lowest BCUT2D eigenvalue weighted by molar-refractivity contribution is -0.147. The van der Waals surface area contributed by atoms with Crippen LogP contribution in [-0.2, 0) is 16.0 Å². The molecule has 102 valence electrons. The zero-order valence-corrected chi connectivity index (χ0v) is 11.1. The maximum absolute atomic E-state index is 12.2. The van der Waals surface area contributed by atoms with E-state index in [0.717, 1.165) is 11.3 Å². The van der Waals surface area contributed by atoms with E-state index in [1.807, 2.05) is 24.3 Å². The van der Waals surface area contributed by atoms with E-state index in [0.29, 0.717) is 12.8 Å². The lowest BCUT2D eigenvalue weighted by atomic mass is 9.98. The van der Waals surface area contributed by atoms with Crippen molar-refractivity contribution in [1.82, 2.24) is 5.32 Å². The van der Waals surface area contributed by atoms with Crippen LogP contribution in [0.4, 0.5) is 5.69 Å². The van der Waals surface area contributed by atoms with E-state index >= 15 is 0 Å². The minimum absolute atomic E-state index is 0.275. The van der Waals surface area contributed by atoms with Crippen LogP contribution in [0.15, 0.2) is 24.3 Å². The summed E-state index contributed by atoms with van der Waals surface area (Å²) in [6.45, 7) is 3.26. The molecule has 0 saturated carbocycles. The SMILES string of the molecule is CCC(C)(NC(=O)C1Cc2ccccc2N1)C(=O)O. The first kappa shape index (κ1) is 13.4. The number of nitrogens with one attached hydrogen (secondary N) is 2. The second kappa shape index (κ2) is 4.91. The topological polar surface area (TPSA) is 78.4 Å². The van der Waals surface area contributed by atoms with Gasteiger partial charge in [-0.25, -0.2) is 4.79 Å². The van der Waals surface area contributed by atoms with Crippen LogP contribution in [0.3, 0.4) is 0 Å². The van der Waals surface area contributed by atoms with Crippen LogP contribution in [0.25, 0.3) is 0 Å². The molecule has 5 heteroatoms. The highest BCUT2D eigenvalue weighted by atomic mass is 16.4. The first-order valence-corrected chi connectivity index (χ1v) is 6.36. The molecule has 19 heavy (non-hydrogen) atoms. The minimum Gasteiger partial charge on any atom is -0.480 e. The maximum atomic E-state index is 12.2. The summed E-state index contributed by atoms with van der Waals surface area (Å²) in [4.78, 5) is 23.3. The number of anilines is 1. The van der Waals surface area contributed by atoms with E-state index in [4.69, 9.17) is 5.11 Å². The summed E-state index contributed by atoms with van der Waals surface area (Å²) in [7, 11) is 0. The van der Waals surface area contributed by atoms with Gasteiger partial charge in [0.2, 0.25) is 5.91 Å². The average Bonchev–Trinajstić information content (AvgIpc) is 2.82. The van der Waals surface area contributed by atoms with Crippen LogP contribution in [0, 0.1) is 0 Å². The molecule has 2 rings (SSSR count). The Kier molecular flexibility index (Phi) is 3.46. The van der Waals surface area contributed by atoms with Gasteiger partial charge in [0.15, 0.2) is 0 Å². The van der Waals surface area contributed by atoms with Crippen molar-refractivity contribution in [2.24, 2.45) is 0 Å². The molecule has 1 aliphatic heterocycles. The monoisotopic (exact) mass is 262 g/mol. The molecule has 0 radical (unpaired) electrons. The predicted molar refractivity (Wildman–Crippen MR) is 72.0 cm³/mol. The molecule has 0 spiro atoms. The Morgan fingerprint density at radius 3 is 2.74 bits per heavy atom. The van der Waals surface area contributed by atoms with Gasteiger partial charge in [-0.05, 0) is 25.0 Å². The Hall–Kier alpha value is -2.04. The van der Waals surface area contributed by atoms with Crippen molar-refractivity contribution < 1.29 is 14.7 Å². The first-order chi connectivity index (χ1) is 8.96. The number of amides is 1. The van der Waals surface area contributed by atoms with E-state index in [9.17, 15) is 9.59 Å². The van der Waals surface area contributed by atoms with Crippen LogP contribution in [0.2, 0.25) is 0 Å². The highest BCUT2D eigenvalue weighted by Gasteiger charge is 2.36. The smallest absolute Gasteiger partial charge is 0.329 e. The van der Waals surface area contributed by atoms with Gasteiger partial charge in [-0.2, -0.15) is 0 Å². The van der Waals surface area contributed by atoms with Gasteiger partial charge >= 0.3 is 5.97 Å². The van der Waals surface area contributed by atoms with Crippen molar-refractivity contribution >= 4 is 17.6 Å². The molecule has 3 N–H and O–H groups in total. The van der Waals surface area contributed by atoms with E-state index < -0.39 is 17.6 Å². The summed E-state index contributed by atoms with van der Waals surface area (Å²) in [6, 6.07) is 7.31. The number of benzene rings is 1. The zero-order chi connectivity index (χ0) is 14.0. The van der Waals surface area contributed by atoms with E-state index in [2.05, 4.69) is 10.6 Å². The number of aliphatic carboxylic acids is 1. The number of rotatable bonds is 4. The van der Waals surface area contributed by atoms with Crippen molar-refractivity contribution in [1.29, 1.82) is 0 Å². The molecule has 0 saturated heterocycles. The number of carbonyl (C=O) groups is 2. The number of carboxylic acids is 1. The van der Waals surface area contributed by atoms with E-state index in [1.165, 1.54) is 6.92 Å². The number of hydrogen-bond donors (Lipinski definition) is 3. The molecule has 0 bridgehead atoms. The van der Waals surface area contributed by atoms with Crippen molar-refractivity contribution in [3.8, 4) is 0 Å². The highest BCUT2D eigenvalue weighted by Crippen LogP contribution is 2.25. The zero-order valence-electron chi connectivity index (χ0n) is 11.1. The maximum Gasteiger partial charge on any atom is 0.329 e. The summed E-state index contributed by atoms with van der Waals surface area (Å²) in [5, 5.41) is 14.9. The summed E-state index contributed by atoms with van der Waals surface area (Å²) in [5.74, 6) is -1.29. The van der Waals surface area contributed by atoms with Gasteiger partial charge in [0.1, 0.15) is 11.6 Å². The summed E-state index contributed by atoms with van der Waals surface area (Å²) < 4.78 is 0. The molecule has 1 aromatic carbocycles. The van der Waals surface area contributed by atoms with Crippen molar-refractivity contribution in [2.45, 2.75) is 38.3 Å². The predicted octanol–water partition coefficient (Wildman–Crippen LogP) is 1.39. The van der Waals surface area contributed by atoms with Gasteiger partial charge in [0.25, 0.3) is 0 Å². The van der Waals surface area contributed by atoms with Crippen molar-refractivity contribution in [2.75, 3.05) is 5.32 Å². The second-order valence-electron chi connectivity index (χ2n) is 5.04. The summed E-state index contributed by atoms with van der Waals surface area (Å²) in [5.41, 5.74) is 0.806. The molecule has 1 amide bonds. The quantitative estimate of drug-likeness (QED) is 0.766. The number of fused-ring (bicyclic) bond motifs is 1.